The summed E-state index contributed by atoms with van der Waals surface area (Å²) < 4.78 is 0. The van der Waals surface area contributed by atoms with E-state index in [4.69, 9.17) is 11.6 Å². The molecule has 0 bridgehead atoms. The fraction of sp³-hybridized carbons (Fsp3) is 0.389. The quantitative estimate of drug-likeness (QED) is 0.560. The summed E-state index contributed by atoms with van der Waals surface area (Å²) in [6.07, 6.45) is 1.68. The van der Waals surface area contributed by atoms with Gasteiger partial charge in [-0.3, -0.25) is 5.10 Å². The zero-order valence-electron chi connectivity index (χ0n) is 16.2. The van der Waals surface area contributed by atoms with Crippen molar-refractivity contribution in [2.45, 2.75) is 19.8 Å². The first kappa shape index (κ1) is 21.2. The van der Waals surface area contributed by atoms with Crippen molar-refractivity contribution in [1.82, 2.24) is 35.7 Å². The molecule has 0 spiro atoms. The van der Waals surface area contributed by atoms with Crippen LogP contribution in [-0.2, 0) is 0 Å². The van der Waals surface area contributed by atoms with Crippen molar-refractivity contribution in [3.63, 3.8) is 0 Å². The minimum Gasteiger partial charge on any atom is -0.353 e. The number of piperazine rings is 1. The Morgan fingerprint density at radius 3 is 2.62 bits per heavy atom. The topological polar surface area (TPSA) is 108 Å². The van der Waals surface area contributed by atoms with Gasteiger partial charge >= 0.3 is 0 Å². The van der Waals surface area contributed by atoms with E-state index >= 15 is 0 Å². The Morgan fingerprint density at radius 1 is 1.14 bits per heavy atom. The highest BCUT2D eigenvalue weighted by Crippen LogP contribution is 2.32. The number of aromatic amines is 1. The van der Waals surface area contributed by atoms with Gasteiger partial charge in [0.1, 0.15) is 0 Å². The molecule has 0 aromatic carbocycles. The predicted octanol–water partition coefficient (Wildman–Crippen LogP) is 3.01. The molecule has 11 heteroatoms. The van der Waals surface area contributed by atoms with Crippen LogP contribution in [0, 0.1) is 0 Å². The highest BCUT2D eigenvalue weighted by molar-refractivity contribution is 6.32. The highest BCUT2D eigenvalue weighted by Gasteiger charge is 2.18. The third-order valence-electron chi connectivity index (χ3n) is 4.57. The number of rotatable bonds is 5. The van der Waals surface area contributed by atoms with Gasteiger partial charge in [-0.1, -0.05) is 25.4 Å². The van der Waals surface area contributed by atoms with Gasteiger partial charge in [-0.2, -0.15) is 5.10 Å². The number of anilines is 3. The molecule has 0 amide bonds. The summed E-state index contributed by atoms with van der Waals surface area (Å²) in [5, 5.41) is 22.5. The molecule has 154 valence electrons. The number of nitrogens with zero attached hydrogens (tertiary/aromatic N) is 6. The van der Waals surface area contributed by atoms with Crippen molar-refractivity contribution in [2.75, 3.05) is 36.4 Å². The van der Waals surface area contributed by atoms with Crippen LogP contribution >= 0.6 is 24.0 Å². The molecule has 1 aliphatic heterocycles. The number of hydrogen-bond acceptors (Lipinski definition) is 8. The monoisotopic (exact) mass is 435 g/mol. The first-order valence-corrected chi connectivity index (χ1v) is 9.63. The van der Waals surface area contributed by atoms with Crippen LogP contribution in [0.4, 0.5) is 17.6 Å². The lowest BCUT2D eigenvalue weighted by Crippen LogP contribution is -2.43. The van der Waals surface area contributed by atoms with Crippen LogP contribution in [0.15, 0.2) is 24.4 Å². The summed E-state index contributed by atoms with van der Waals surface area (Å²) in [4.78, 5) is 11.1. The molecule has 0 atom stereocenters. The van der Waals surface area contributed by atoms with E-state index in [1.54, 1.807) is 6.20 Å². The number of H-pyrrole nitrogens is 1. The second-order valence-electron chi connectivity index (χ2n) is 6.86. The fourth-order valence-corrected chi connectivity index (χ4v) is 3.36. The third kappa shape index (κ3) is 4.75. The van der Waals surface area contributed by atoms with Crippen LogP contribution in [-0.4, -0.2) is 56.5 Å². The highest BCUT2D eigenvalue weighted by atomic mass is 35.5. The zero-order valence-corrected chi connectivity index (χ0v) is 17.8. The van der Waals surface area contributed by atoms with Crippen LogP contribution in [0.1, 0.15) is 25.5 Å². The van der Waals surface area contributed by atoms with Crippen molar-refractivity contribution in [3.8, 4) is 11.3 Å². The van der Waals surface area contributed by atoms with Crippen LogP contribution < -0.4 is 15.5 Å². The SMILES string of the molecule is CC(C)c1[nH]nc(Cl)c1-c1ccnc(Nc2ccc(N3CCNCC3)nn2)n1.Cl. The van der Waals surface area contributed by atoms with E-state index in [9.17, 15) is 0 Å². The average Bonchev–Trinajstić information content (AvgIpc) is 3.11. The molecule has 3 aromatic heterocycles. The second-order valence-corrected chi connectivity index (χ2v) is 7.22. The summed E-state index contributed by atoms with van der Waals surface area (Å²) in [5.41, 5.74) is 2.43. The van der Waals surface area contributed by atoms with E-state index in [1.165, 1.54) is 0 Å². The van der Waals surface area contributed by atoms with Gasteiger partial charge in [-0.25, -0.2) is 9.97 Å². The summed E-state index contributed by atoms with van der Waals surface area (Å²) >= 11 is 6.27. The van der Waals surface area contributed by atoms with Crippen LogP contribution in [0.2, 0.25) is 5.15 Å². The largest absolute Gasteiger partial charge is 0.353 e. The maximum absolute atomic E-state index is 6.27. The van der Waals surface area contributed by atoms with E-state index in [-0.39, 0.29) is 18.3 Å². The Balaban J connectivity index is 0.00000240. The summed E-state index contributed by atoms with van der Waals surface area (Å²) in [6.45, 7) is 7.91. The van der Waals surface area contributed by atoms with Crippen molar-refractivity contribution in [3.05, 3.63) is 35.2 Å². The molecule has 0 saturated carbocycles. The molecule has 3 N–H and O–H groups in total. The fourth-order valence-electron chi connectivity index (χ4n) is 3.12. The molecular formula is C18H23Cl2N9. The molecule has 3 aromatic rings. The van der Waals surface area contributed by atoms with Gasteiger partial charge < -0.3 is 15.5 Å². The molecule has 1 aliphatic rings. The molecule has 1 saturated heterocycles. The smallest absolute Gasteiger partial charge is 0.228 e. The first-order chi connectivity index (χ1) is 13.6. The molecule has 1 fully saturated rings. The van der Waals surface area contributed by atoms with Crippen molar-refractivity contribution in [1.29, 1.82) is 0 Å². The number of hydrogen-bond donors (Lipinski definition) is 3. The summed E-state index contributed by atoms with van der Waals surface area (Å²) in [7, 11) is 0. The Hall–Kier alpha value is -2.49. The standard InChI is InChI=1S/C18H22ClN9.ClH/c1-11(2)16-15(17(19)27-26-16)12-5-6-21-18(22-12)23-13-3-4-14(25-24-13)28-9-7-20-8-10-28;/h3-6,11,20H,7-10H2,1-2H3,(H,26,27)(H,21,22,23,24);1H. The molecule has 0 radical (unpaired) electrons. The van der Waals surface area contributed by atoms with Crippen molar-refractivity contribution < 1.29 is 0 Å². The Bertz CT molecular complexity index is 937. The molecule has 9 nitrogen and oxygen atoms in total. The van der Waals surface area contributed by atoms with E-state index in [2.05, 4.69) is 59.7 Å². The van der Waals surface area contributed by atoms with Gasteiger partial charge in [0.15, 0.2) is 16.8 Å². The van der Waals surface area contributed by atoms with Gasteiger partial charge in [0.05, 0.1) is 11.3 Å². The Labute approximate surface area is 180 Å². The molecule has 4 rings (SSSR count). The van der Waals surface area contributed by atoms with Gasteiger partial charge in [0.2, 0.25) is 5.95 Å². The average molecular weight is 436 g/mol. The van der Waals surface area contributed by atoms with E-state index in [0.29, 0.717) is 22.6 Å². The van der Waals surface area contributed by atoms with Gasteiger partial charge in [-0.05, 0) is 24.1 Å². The van der Waals surface area contributed by atoms with Crippen LogP contribution in [0.5, 0.6) is 0 Å². The van der Waals surface area contributed by atoms with Crippen molar-refractivity contribution >= 4 is 41.6 Å². The predicted molar refractivity (Wildman–Crippen MR) is 116 cm³/mol. The first-order valence-electron chi connectivity index (χ1n) is 9.25. The molecular weight excluding hydrogens is 413 g/mol. The number of halogens is 2. The minimum absolute atomic E-state index is 0. The third-order valence-corrected chi connectivity index (χ3v) is 4.84. The number of nitrogens with one attached hydrogen (secondary N) is 3. The van der Waals surface area contributed by atoms with Crippen LogP contribution in [0.3, 0.4) is 0 Å². The van der Waals surface area contributed by atoms with E-state index < -0.39 is 0 Å². The second kappa shape index (κ2) is 9.34. The van der Waals surface area contributed by atoms with Gasteiger partial charge in [0.25, 0.3) is 0 Å². The maximum atomic E-state index is 6.27. The van der Waals surface area contributed by atoms with Gasteiger partial charge in [-0.15, -0.1) is 22.6 Å². The summed E-state index contributed by atoms with van der Waals surface area (Å²) in [5.74, 6) is 2.12. The molecule has 0 aliphatic carbocycles. The van der Waals surface area contributed by atoms with E-state index in [0.717, 1.165) is 43.3 Å². The Kier molecular flexibility index (Phi) is 6.83. The number of aromatic nitrogens is 6. The summed E-state index contributed by atoms with van der Waals surface area (Å²) in [6, 6.07) is 5.64. The zero-order chi connectivity index (χ0) is 19.5. The minimum atomic E-state index is 0. The van der Waals surface area contributed by atoms with Crippen molar-refractivity contribution in [2.24, 2.45) is 0 Å². The maximum Gasteiger partial charge on any atom is 0.228 e. The lowest BCUT2D eigenvalue weighted by molar-refractivity contribution is 0.583. The Morgan fingerprint density at radius 2 is 1.93 bits per heavy atom. The lowest BCUT2D eigenvalue weighted by atomic mass is 10.0. The van der Waals surface area contributed by atoms with Crippen LogP contribution in [0.25, 0.3) is 11.3 Å². The molecule has 29 heavy (non-hydrogen) atoms. The normalized spacial score (nSPS) is 14.0. The lowest BCUT2D eigenvalue weighted by Gasteiger charge is -2.27. The molecule has 4 heterocycles. The molecule has 0 unspecified atom stereocenters. The van der Waals surface area contributed by atoms with Gasteiger partial charge in [0, 0.05) is 38.1 Å². The van der Waals surface area contributed by atoms with E-state index in [1.807, 2.05) is 18.2 Å².